The number of aromatic nitrogens is 1. The number of halogens is 1. The number of nitrogens with one attached hydrogen (secondary N) is 1. The Balaban J connectivity index is 1.58. The van der Waals surface area contributed by atoms with Crippen LogP contribution in [0.3, 0.4) is 0 Å². The first-order chi connectivity index (χ1) is 16.8. The van der Waals surface area contributed by atoms with Crippen LogP contribution in [0.5, 0.6) is 0 Å². The van der Waals surface area contributed by atoms with E-state index in [9.17, 15) is 14.0 Å². The Morgan fingerprint density at radius 1 is 1.00 bits per heavy atom. The fraction of sp³-hybridized carbons (Fsp3) is 0.107. The van der Waals surface area contributed by atoms with Crippen molar-refractivity contribution in [1.82, 2.24) is 9.88 Å². The van der Waals surface area contributed by atoms with Crippen LogP contribution in [0.1, 0.15) is 22.3 Å². The molecule has 5 nitrogen and oxygen atoms in total. The zero-order chi connectivity index (χ0) is 24.7. The van der Waals surface area contributed by atoms with E-state index in [1.165, 1.54) is 17.0 Å². The number of carbonyl (C=O) groups excluding carboxylic acids is 2. The number of para-hydroxylation sites is 1. The molecule has 0 saturated carbocycles. The highest BCUT2D eigenvalue weighted by Crippen LogP contribution is 2.29. The lowest BCUT2D eigenvalue weighted by Gasteiger charge is -2.30. The first kappa shape index (κ1) is 22.7. The van der Waals surface area contributed by atoms with E-state index >= 15 is 0 Å². The Morgan fingerprint density at radius 3 is 2.51 bits per heavy atom. The minimum Gasteiger partial charge on any atom is -0.342 e. The van der Waals surface area contributed by atoms with Gasteiger partial charge >= 0.3 is 0 Å². The van der Waals surface area contributed by atoms with Gasteiger partial charge in [-0.3, -0.25) is 19.8 Å². The third kappa shape index (κ3) is 4.26. The normalized spacial score (nSPS) is 15.2. The molecule has 0 unspecified atom stereocenters. The predicted octanol–water partition coefficient (Wildman–Crippen LogP) is 5.28. The highest BCUT2D eigenvalue weighted by atomic mass is 32.1. The number of amides is 2. The van der Waals surface area contributed by atoms with Crippen molar-refractivity contribution < 1.29 is 14.0 Å². The number of fused-ring (bicyclic) bond motifs is 1. The summed E-state index contributed by atoms with van der Waals surface area (Å²) in [5.74, 6) is -1.29. The van der Waals surface area contributed by atoms with Crippen molar-refractivity contribution >= 4 is 51.8 Å². The predicted molar refractivity (Wildman–Crippen MR) is 140 cm³/mol. The molecule has 0 radical (unpaired) electrons. The number of rotatable bonds is 4. The summed E-state index contributed by atoms with van der Waals surface area (Å²) in [5, 5.41) is 3.62. The summed E-state index contributed by atoms with van der Waals surface area (Å²) < 4.78 is 15.4. The SMILES string of the molecule is Cc1ccc(C)c(N2C(=O)/C(=C/c3cn(Cc4ccc(F)cc4)c4ccccc34)C(=O)NC2=S)c1. The first-order valence-corrected chi connectivity index (χ1v) is 11.5. The Hall–Kier alpha value is -4.10. The number of thiocarbonyl (C=S) groups is 1. The summed E-state index contributed by atoms with van der Waals surface area (Å²) in [4.78, 5) is 27.8. The lowest BCUT2D eigenvalue weighted by Crippen LogP contribution is -2.54. The van der Waals surface area contributed by atoms with Crippen molar-refractivity contribution in [3.63, 3.8) is 0 Å². The smallest absolute Gasteiger partial charge is 0.270 e. The monoisotopic (exact) mass is 483 g/mol. The van der Waals surface area contributed by atoms with Crippen LogP contribution in [-0.4, -0.2) is 21.5 Å². The van der Waals surface area contributed by atoms with E-state index in [0.29, 0.717) is 12.2 Å². The van der Waals surface area contributed by atoms with Gasteiger partial charge in [0.1, 0.15) is 11.4 Å². The van der Waals surface area contributed by atoms with Crippen LogP contribution in [-0.2, 0) is 16.1 Å². The number of benzene rings is 3. The number of nitrogens with zero attached hydrogens (tertiary/aromatic N) is 2. The molecule has 0 bridgehead atoms. The van der Waals surface area contributed by atoms with Crippen molar-refractivity contribution in [3.8, 4) is 0 Å². The maximum Gasteiger partial charge on any atom is 0.270 e. The second-order valence-electron chi connectivity index (χ2n) is 8.60. The van der Waals surface area contributed by atoms with Gasteiger partial charge in [0.2, 0.25) is 0 Å². The minimum atomic E-state index is -0.531. The minimum absolute atomic E-state index is 0.00388. The molecule has 1 saturated heterocycles. The van der Waals surface area contributed by atoms with Crippen LogP contribution < -0.4 is 10.2 Å². The largest absolute Gasteiger partial charge is 0.342 e. The molecule has 5 rings (SSSR count). The summed E-state index contributed by atoms with van der Waals surface area (Å²) in [6.07, 6.45) is 3.51. The lowest BCUT2D eigenvalue weighted by molar-refractivity contribution is -0.122. The molecule has 2 heterocycles. The maximum absolute atomic E-state index is 13.5. The van der Waals surface area contributed by atoms with Crippen molar-refractivity contribution in [3.05, 3.63) is 107 Å². The first-order valence-electron chi connectivity index (χ1n) is 11.1. The number of aryl methyl sites for hydroxylation is 2. The Labute approximate surface area is 207 Å². The summed E-state index contributed by atoms with van der Waals surface area (Å²) in [7, 11) is 0. The van der Waals surface area contributed by atoms with Crippen molar-refractivity contribution in [1.29, 1.82) is 0 Å². The number of carbonyl (C=O) groups is 2. The zero-order valence-electron chi connectivity index (χ0n) is 19.2. The second-order valence-corrected chi connectivity index (χ2v) is 8.99. The van der Waals surface area contributed by atoms with E-state index in [1.54, 1.807) is 18.2 Å². The third-order valence-electron chi connectivity index (χ3n) is 6.09. The molecule has 0 atom stereocenters. The molecule has 35 heavy (non-hydrogen) atoms. The topological polar surface area (TPSA) is 54.3 Å². The Morgan fingerprint density at radius 2 is 1.74 bits per heavy atom. The molecule has 0 spiro atoms. The van der Waals surface area contributed by atoms with Gasteiger partial charge in [-0.1, -0.05) is 42.5 Å². The van der Waals surface area contributed by atoms with Gasteiger partial charge in [-0.05, 0) is 73.1 Å². The molecule has 3 aromatic carbocycles. The molecule has 1 aliphatic heterocycles. The van der Waals surface area contributed by atoms with E-state index in [-0.39, 0.29) is 16.5 Å². The van der Waals surface area contributed by atoms with E-state index in [0.717, 1.165) is 33.2 Å². The summed E-state index contributed by atoms with van der Waals surface area (Å²) in [6.45, 7) is 4.35. The Bertz CT molecular complexity index is 1540. The van der Waals surface area contributed by atoms with Gasteiger partial charge in [0.15, 0.2) is 5.11 Å². The highest BCUT2D eigenvalue weighted by molar-refractivity contribution is 7.80. The van der Waals surface area contributed by atoms with Crippen molar-refractivity contribution in [2.24, 2.45) is 0 Å². The van der Waals surface area contributed by atoms with Gasteiger partial charge in [-0.15, -0.1) is 0 Å². The third-order valence-corrected chi connectivity index (χ3v) is 6.38. The number of hydrogen-bond acceptors (Lipinski definition) is 3. The quantitative estimate of drug-likeness (QED) is 0.244. The average molecular weight is 484 g/mol. The van der Waals surface area contributed by atoms with E-state index in [4.69, 9.17) is 12.2 Å². The van der Waals surface area contributed by atoms with Crippen molar-refractivity contribution in [2.75, 3.05) is 4.90 Å². The van der Waals surface area contributed by atoms with Gasteiger partial charge in [0.25, 0.3) is 11.8 Å². The molecule has 174 valence electrons. The molecule has 7 heteroatoms. The molecule has 1 aliphatic rings. The molecule has 4 aromatic rings. The fourth-order valence-corrected chi connectivity index (χ4v) is 4.57. The van der Waals surface area contributed by atoms with Crippen LogP contribution >= 0.6 is 12.2 Å². The number of anilines is 1. The standard InChI is InChI=1S/C28H22FN3O2S/c1-17-7-8-18(2)25(13-17)32-27(34)23(26(33)30-28(32)35)14-20-16-31(24-6-4-3-5-22(20)24)15-19-9-11-21(29)12-10-19/h3-14,16H,15H2,1-2H3,(H,30,33,35)/b23-14+. The van der Waals surface area contributed by atoms with Gasteiger partial charge in [-0.25, -0.2) is 4.39 Å². The van der Waals surface area contributed by atoms with Gasteiger partial charge < -0.3 is 4.57 Å². The van der Waals surface area contributed by atoms with Gasteiger partial charge in [-0.2, -0.15) is 0 Å². The molecule has 2 amide bonds. The lowest BCUT2D eigenvalue weighted by atomic mass is 10.0. The molecular formula is C28H22FN3O2S. The van der Waals surface area contributed by atoms with E-state index in [1.807, 2.05) is 67.1 Å². The van der Waals surface area contributed by atoms with E-state index < -0.39 is 11.8 Å². The summed E-state index contributed by atoms with van der Waals surface area (Å²) in [6, 6.07) is 19.9. The molecule has 1 N–H and O–H groups in total. The summed E-state index contributed by atoms with van der Waals surface area (Å²) >= 11 is 5.36. The van der Waals surface area contributed by atoms with Crippen LogP contribution in [0.4, 0.5) is 10.1 Å². The fourth-order valence-electron chi connectivity index (χ4n) is 4.30. The number of hydrogen-bond donors (Lipinski definition) is 1. The zero-order valence-corrected chi connectivity index (χ0v) is 20.0. The van der Waals surface area contributed by atoms with Crippen LogP contribution in [0.15, 0.2) is 78.5 Å². The second kappa shape index (κ2) is 8.92. The van der Waals surface area contributed by atoms with Crippen LogP contribution in [0, 0.1) is 19.7 Å². The Kier molecular flexibility index (Phi) is 5.78. The van der Waals surface area contributed by atoms with E-state index in [2.05, 4.69) is 5.32 Å². The summed E-state index contributed by atoms with van der Waals surface area (Å²) in [5.41, 5.74) is 5.10. The highest BCUT2D eigenvalue weighted by Gasteiger charge is 2.35. The van der Waals surface area contributed by atoms with Crippen molar-refractivity contribution in [2.45, 2.75) is 20.4 Å². The van der Waals surface area contributed by atoms with Gasteiger partial charge in [0.05, 0.1) is 5.69 Å². The molecule has 0 aliphatic carbocycles. The average Bonchev–Trinajstić information content (AvgIpc) is 3.17. The van der Waals surface area contributed by atoms with Gasteiger partial charge in [0, 0.05) is 29.2 Å². The maximum atomic E-state index is 13.5. The molecule has 1 fully saturated rings. The van der Waals surface area contributed by atoms with Crippen LogP contribution in [0.2, 0.25) is 0 Å². The van der Waals surface area contributed by atoms with Crippen LogP contribution in [0.25, 0.3) is 17.0 Å². The molecular weight excluding hydrogens is 461 g/mol. The molecule has 1 aromatic heterocycles.